The van der Waals surface area contributed by atoms with Crippen LogP contribution in [-0.4, -0.2) is 17.0 Å². The van der Waals surface area contributed by atoms with Gasteiger partial charge in [0.15, 0.2) is 0 Å². The number of furan rings is 1. The van der Waals surface area contributed by atoms with E-state index >= 15 is 0 Å². The molecule has 1 heterocycles. The van der Waals surface area contributed by atoms with Crippen molar-refractivity contribution in [3.05, 3.63) is 42.2 Å². The van der Waals surface area contributed by atoms with E-state index in [2.05, 4.69) is 5.32 Å². The van der Waals surface area contributed by atoms with Crippen LogP contribution in [0.25, 0.3) is 11.1 Å². The summed E-state index contributed by atoms with van der Waals surface area (Å²) in [5.41, 5.74) is 1.47. The third-order valence-corrected chi connectivity index (χ3v) is 2.55. The number of carbonyl (C=O) groups excluding carboxylic acids is 1. The van der Waals surface area contributed by atoms with Gasteiger partial charge in [-0.1, -0.05) is 30.3 Å². The van der Waals surface area contributed by atoms with Crippen LogP contribution in [0.4, 0.5) is 5.88 Å². The Hall–Kier alpha value is -3.07. The highest BCUT2D eigenvalue weighted by Crippen LogP contribution is 2.30. The lowest BCUT2D eigenvalue weighted by atomic mass is 10.1. The summed E-state index contributed by atoms with van der Waals surface area (Å²) in [6, 6.07) is 11.0. The van der Waals surface area contributed by atoms with Crippen LogP contribution in [0.3, 0.4) is 0 Å². The zero-order valence-electron chi connectivity index (χ0n) is 10.3. The number of rotatable bonds is 4. The summed E-state index contributed by atoms with van der Waals surface area (Å²) in [4.78, 5) is 21.8. The first-order valence-corrected chi connectivity index (χ1v) is 5.70. The van der Waals surface area contributed by atoms with E-state index in [1.807, 2.05) is 24.3 Å². The number of nitrogens with one attached hydrogen (secondary N) is 1. The van der Waals surface area contributed by atoms with Crippen molar-refractivity contribution >= 4 is 17.8 Å². The molecule has 1 amide bonds. The van der Waals surface area contributed by atoms with Crippen LogP contribution in [-0.2, 0) is 9.59 Å². The van der Waals surface area contributed by atoms with Crippen molar-refractivity contribution < 1.29 is 19.1 Å². The molecule has 1 aromatic heterocycles. The van der Waals surface area contributed by atoms with Gasteiger partial charge in [0.1, 0.15) is 24.3 Å². The molecule has 0 saturated heterocycles. The third kappa shape index (κ3) is 2.84. The molecule has 2 rings (SSSR count). The average molecular weight is 270 g/mol. The first-order valence-electron chi connectivity index (χ1n) is 5.70. The topological polar surface area (TPSA) is 103 Å². The molecular weight excluding hydrogens is 260 g/mol. The van der Waals surface area contributed by atoms with Crippen molar-refractivity contribution in [2.45, 2.75) is 6.42 Å². The summed E-state index contributed by atoms with van der Waals surface area (Å²) in [6.07, 6.45) is 0.663. The molecule has 0 aliphatic heterocycles. The highest BCUT2D eigenvalue weighted by Gasteiger charge is 2.18. The highest BCUT2D eigenvalue weighted by atomic mass is 16.4. The molecule has 6 heteroatoms. The molecule has 100 valence electrons. The summed E-state index contributed by atoms with van der Waals surface area (Å²) < 4.78 is 5.15. The lowest BCUT2D eigenvalue weighted by molar-refractivity contribution is -0.139. The van der Waals surface area contributed by atoms with E-state index in [1.54, 1.807) is 12.1 Å². The first kappa shape index (κ1) is 13.4. The zero-order chi connectivity index (χ0) is 14.5. The predicted octanol–water partition coefficient (Wildman–Crippen LogP) is 2.23. The van der Waals surface area contributed by atoms with Gasteiger partial charge in [-0.3, -0.25) is 14.9 Å². The maximum atomic E-state index is 11.4. The van der Waals surface area contributed by atoms with Gasteiger partial charge in [0.2, 0.25) is 11.8 Å². The molecule has 20 heavy (non-hydrogen) atoms. The summed E-state index contributed by atoms with van der Waals surface area (Å²) >= 11 is 0. The number of nitrogens with zero attached hydrogens (tertiary/aromatic N) is 1. The number of hydrogen-bond acceptors (Lipinski definition) is 4. The predicted molar refractivity (Wildman–Crippen MR) is 69.7 cm³/mol. The molecule has 0 bridgehead atoms. The van der Waals surface area contributed by atoms with Gasteiger partial charge in [0.05, 0.1) is 0 Å². The quantitative estimate of drug-likeness (QED) is 0.829. The number of carboxylic acid groups (broad SMARTS) is 1. The minimum absolute atomic E-state index is 0.0439. The molecule has 2 N–H and O–H groups in total. The molecule has 0 aliphatic carbocycles. The monoisotopic (exact) mass is 270 g/mol. The van der Waals surface area contributed by atoms with Crippen molar-refractivity contribution in [2.75, 3.05) is 5.32 Å². The number of benzene rings is 1. The fraction of sp³-hybridized carbons (Fsp3) is 0.0714. The maximum absolute atomic E-state index is 11.4. The SMILES string of the molecule is N#Cc1c(-c2ccccc2)coc1NC(=O)CC(=O)O. The average Bonchev–Trinajstić information content (AvgIpc) is 2.81. The van der Waals surface area contributed by atoms with Crippen LogP contribution in [0.15, 0.2) is 41.0 Å². The van der Waals surface area contributed by atoms with Gasteiger partial charge in [0.25, 0.3) is 0 Å². The number of hydrogen-bond donors (Lipinski definition) is 2. The molecule has 1 aromatic carbocycles. The Morgan fingerprint density at radius 1 is 1.30 bits per heavy atom. The smallest absolute Gasteiger partial charge is 0.312 e. The van der Waals surface area contributed by atoms with Crippen molar-refractivity contribution in [1.82, 2.24) is 0 Å². The zero-order valence-corrected chi connectivity index (χ0v) is 10.3. The molecule has 0 spiro atoms. The fourth-order valence-corrected chi connectivity index (χ4v) is 1.70. The molecule has 0 unspecified atom stereocenters. The van der Waals surface area contributed by atoms with Crippen molar-refractivity contribution in [1.29, 1.82) is 5.26 Å². The number of nitriles is 1. The number of amides is 1. The Morgan fingerprint density at radius 2 is 2.00 bits per heavy atom. The fourth-order valence-electron chi connectivity index (χ4n) is 1.70. The number of aliphatic carboxylic acids is 1. The van der Waals surface area contributed by atoms with E-state index in [-0.39, 0.29) is 11.4 Å². The van der Waals surface area contributed by atoms with E-state index < -0.39 is 18.3 Å². The second-order valence-corrected chi connectivity index (χ2v) is 3.95. The number of carboxylic acids is 1. The van der Waals surface area contributed by atoms with Gasteiger partial charge in [-0.25, -0.2) is 0 Å². The maximum Gasteiger partial charge on any atom is 0.312 e. The summed E-state index contributed by atoms with van der Waals surface area (Å²) in [5.74, 6) is -2.04. The number of carbonyl (C=O) groups is 2. The molecule has 0 aliphatic rings. The van der Waals surface area contributed by atoms with Crippen LogP contribution in [0, 0.1) is 11.3 Å². The summed E-state index contributed by atoms with van der Waals surface area (Å²) in [5, 5.41) is 20.0. The van der Waals surface area contributed by atoms with Crippen molar-refractivity contribution in [2.24, 2.45) is 0 Å². The first-order chi connectivity index (χ1) is 9.61. The lowest BCUT2D eigenvalue weighted by Gasteiger charge is -2.00. The van der Waals surface area contributed by atoms with Crippen molar-refractivity contribution in [3.63, 3.8) is 0 Å². The third-order valence-electron chi connectivity index (χ3n) is 2.55. The lowest BCUT2D eigenvalue weighted by Crippen LogP contribution is -2.16. The summed E-state index contributed by atoms with van der Waals surface area (Å²) in [6.45, 7) is 0. The molecular formula is C14H10N2O4. The Balaban J connectivity index is 2.29. The van der Waals surface area contributed by atoms with Crippen LogP contribution < -0.4 is 5.32 Å². The Morgan fingerprint density at radius 3 is 2.60 bits per heavy atom. The Labute approximate surface area is 114 Å². The highest BCUT2D eigenvalue weighted by molar-refractivity contribution is 6.01. The minimum atomic E-state index is -1.25. The van der Waals surface area contributed by atoms with Crippen LogP contribution in [0.1, 0.15) is 12.0 Å². The molecule has 0 fully saturated rings. The van der Waals surface area contributed by atoms with Crippen LogP contribution in [0.5, 0.6) is 0 Å². The van der Waals surface area contributed by atoms with E-state index in [4.69, 9.17) is 14.8 Å². The molecule has 6 nitrogen and oxygen atoms in total. The van der Waals surface area contributed by atoms with Gasteiger partial charge in [-0.05, 0) is 5.56 Å². The van der Waals surface area contributed by atoms with E-state index in [1.165, 1.54) is 6.26 Å². The van der Waals surface area contributed by atoms with E-state index in [0.717, 1.165) is 5.56 Å². The minimum Gasteiger partial charge on any atom is -0.481 e. The summed E-state index contributed by atoms with van der Waals surface area (Å²) in [7, 11) is 0. The van der Waals surface area contributed by atoms with E-state index in [0.29, 0.717) is 5.56 Å². The Bertz CT molecular complexity index is 683. The Kier molecular flexibility index (Phi) is 3.82. The molecule has 0 radical (unpaired) electrons. The normalized spacial score (nSPS) is 9.75. The second-order valence-electron chi connectivity index (χ2n) is 3.95. The molecule has 0 atom stereocenters. The van der Waals surface area contributed by atoms with Gasteiger partial charge in [0, 0.05) is 5.56 Å². The van der Waals surface area contributed by atoms with Gasteiger partial charge >= 0.3 is 5.97 Å². The standard InChI is InChI=1S/C14H10N2O4/c15-7-10-11(9-4-2-1-3-5-9)8-20-14(10)16-12(17)6-13(18)19/h1-5,8H,6H2,(H,16,17)(H,18,19). The van der Waals surface area contributed by atoms with Crippen molar-refractivity contribution in [3.8, 4) is 17.2 Å². The van der Waals surface area contributed by atoms with Crippen LogP contribution >= 0.6 is 0 Å². The number of anilines is 1. The van der Waals surface area contributed by atoms with Gasteiger partial charge < -0.3 is 9.52 Å². The molecule has 0 saturated carbocycles. The van der Waals surface area contributed by atoms with E-state index in [9.17, 15) is 9.59 Å². The van der Waals surface area contributed by atoms with Crippen LogP contribution in [0.2, 0.25) is 0 Å². The largest absolute Gasteiger partial charge is 0.481 e. The second kappa shape index (κ2) is 5.71. The molecule has 2 aromatic rings. The van der Waals surface area contributed by atoms with Gasteiger partial charge in [-0.2, -0.15) is 5.26 Å². The van der Waals surface area contributed by atoms with Gasteiger partial charge in [-0.15, -0.1) is 0 Å².